The Labute approximate surface area is 152 Å². The van der Waals surface area contributed by atoms with E-state index in [9.17, 15) is 4.79 Å². The standard InChI is InChI=1S/C17H27N3O.2ClH/c1-18-12-6-11-17(21)19(2)16-10-7-13-20(14-16)15-8-4-3-5-9-15;;/h3-5,8-9,16,18H,6-7,10-14H2,1-2H3;2*1H. The van der Waals surface area contributed by atoms with Gasteiger partial charge in [-0.3, -0.25) is 4.79 Å². The number of benzene rings is 1. The predicted octanol–water partition coefficient (Wildman–Crippen LogP) is 2.96. The first-order valence-corrected chi connectivity index (χ1v) is 7.92. The second-order valence-electron chi connectivity index (χ2n) is 5.79. The molecule has 1 aliphatic rings. The van der Waals surface area contributed by atoms with Crippen LogP contribution in [0.2, 0.25) is 0 Å². The Morgan fingerprint density at radius 3 is 2.65 bits per heavy atom. The molecule has 1 unspecified atom stereocenters. The third-order valence-corrected chi connectivity index (χ3v) is 4.28. The van der Waals surface area contributed by atoms with Crippen LogP contribution >= 0.6 is 24.8 Å². The summed E-state index contributed by atoms with van der Waals surface area (Å²) in [6, 6.07) is 10.8. The number of nitrogens with zero attached hydrogens (tertiary/aromatic N) is 2. The van der Waals surface area contributed by atoms with Crippen molar-refractivity contribution in [3.63, 3.8) is 0 Å². The number of para-hydroxylation sites is 1. The SMILES string of the molecule is CNCCCC(=O)N(C)C1CCCN(c2ccccc2)C1.Cl.Cl. The summed E-state index contributed by atoms with van der Waals surface area (Å²) >= 11 is 0. The smallest absolute Gasteiger partial charge is 0.222 e. The van der Waals surface area contributed by atoms with Crippen molar-refractivity contribution in [2.45, 2.75) is 31.7 Å². The lowest BCUT2D eigenvalue weighted by molar-refractivity contribution is -0.132. The number of hydrogen-bond acceptors (Lipinski definition) is 3. The Bertz CT molecular complexity index is 445. The highest BCUT2D eigenvalue weighted by molar-refractivity contribution is 5.85. The minimum atomic E-state index is 0. The Balaban J connectivity index is 0.00000242. The van der Waals surface area contributed by atoms with Gasteiger partial charge in [0.1, 0.15) is 0 Å². The monoisotopic (exact) mass is 361 g/mol. The van der Waals surface area contributed by atoms with Crippen LogP contribution in [0.25, 0.3) is 0 Å². The molecular weight excluding hydrogens is 333 g/mol. The van der Waals surface area contributed by atoms with Crippen molar-refractivity contribution in [1.82, 2.24) is 10.2 Å². The van der Waals surface area contributed by atoms with E-state index in [-0.39, 0.29) is 30.7 Å². The van der Waals surface area contributed by atoms with Gasteiger partial charge in [-0.1, -0.05) is 18.2 Å². The Morgan fingerprint density at radius 2 is 2.00 bits per heavy atom. The fourth-order valence-electron chi connectivity index (χ4n) is 2.94. The van der Waals surface area contributed by atoms with Crippen molar-refractivity contribution in [3.8, 4) is 0 Å². The van der Waals surface area contributed by atoms with Gasteiger partial charge in [0, 0.05) is 38.3 Å². The van der Waals surface area contributed by atoms with E-state index in [1.165, 1.54) is 5.69 Å². The first kappa shape index (κ1) is 22.0. The van der Waals surface area contributed by atoms with Crippen molar-refractivity contribution < 1.29 is 4.79 Å². The summed E-state index contributed by atoms with van der Waals surface area (Å²) in [4.78, 5) is 16.6. The maximum absolute atomic E-state index is 12.2. The van der Waals surface area contributed by atoms with Crippen LogP contribution in [0.5, 0.6) is 0 Å². The summed E-state index contributed by atoms with van der Waals surface area (Å²) in [5, 5.41) is 3.09. The van der Waals surface area contributed by atoms with Crippen LogP contribution < -0.4 is 10.2 Å². The molecule has 0 radical (unpaired) electrons. The maximum Gasteiger partial charge on any atom is 0.222 e. The zero-order chi connectivity index (χ0) is 15.1. The van der Waals surface area contributed by atoms with Gasteiger partial charge in [-0.2, -0.15) is 0 Å². The van der Waals surface area contributed by atoms with Crippen LogP contribution in [0, 0.1) is 0 Å². The van der Waals surface area contributed by atoms with Gasteiger partial charge in [0.25, 0.3) is 0 Å². The van der Waals surface area contributed by atoms with Gasteiger partial charge in [0.15, 0.2) is 0 Å². The first-order valence-electron chi connectivity index (χ1n) is 7.92. The summed E-state index contributed by atoms with van der Waals surface area (Å²) in [5.41, 5.74) is 1.26. The van der Waals surface area contributed by atoms with Crippen LogP contribution in [0.3, 0.4) is 0 Å². The molecule has 0 aromatic heterocycles. The molecule has 0 bridgehead atoms. The maximum atomic E-state index is 12.2. The average Bonchev–Trinajstić information content (AvgIpc) is 2.55. The first-order chi connectivity index (χ1) is 10.2. The Kier molecular flexibility index (Phi) is 11.1. The second-order valence-corrected chi connectivity index (χ2v) is 5.79. The van der Waals surface area contributed by atoms with E-state index in [1.807, 2.05) is 25.1 Å². The van der Waals surface area contributed by atoms with E-state index in [2.05, 4.69) is 34.5 Å². The molecule has 4 nitrogen and oxygen atoms in total. The molecule has 1 N–H and O–H groups in total. The van der Waals surface area contributed by atoms with Crippen LogP contribution in [-0.2, 0) is 4.79 Å². The van der Waals surface area contributed by atoms with E-state index in [0.29, 0.717) is 12.5 Å². The lowest BCUT2D eigenvalue weighted by Gasteiger charge is -2.39. The van der Waals surface area contributed by atoms with Crippen molar-refractivity contribution in [2.75, 3.05) is 38.6 Å². The molecule has 2 rings (SSSR count). The van der Waals surface area contributed by atoms with E-state index < -0.39 is 0 Å². The predicted molar refractivity (Wildman–Crippen MR) is 102 cm³/mol. The highest BCUT2D eigenvalue weighted by Crippen LogP contribution is 2.22. The van der Waals surface area contributed by atoms with Crippen LogP contribution in [0.4, 0.5) is 5.69 Å². The molecule has 1 aromatic carbocycles. The van der Waals surface area contributed by atoms with E-state index in [1.54, 1.807) is 0 Å². The molecule has 1 saturated heterocycles. The quantitative estimate of drug-likeness (QED) is 0.791. The van der Waals surface area contributed by atoms with Crippen LogP contribution in [0.1, 0.15) is 25.7 Å². The van der Waals surface area contributed by atoms with Crippen LogP contribution in [-0.4, -0.2) is 50.6 Å². The van der Waals surface area contributed by atoms with Crippen molar-refractivity contribution >= 4 is 36.4 Å². The molecule has 132 valence electrons. The van der Waals surface area contributed by atoms with E-state index in [4.69, 9.17) is 0 Å². The number of likely N-dealkylation sites (N-methyl/N-ethyl adjacent to an activating group) is 1. The molecule has 1 aliphatic heterocycles. The van der Waals surface area contributed by atoms with Gasteiger partial charge in [0.2, 0.25) is 5.91 Å². The zero-order valence-electron chi connectivity index (χ0n) is 14.0. The number of amides is 1. The van der Waals surface area contributed by atoms with E-state index in [0.717, 1.165) is 38.9 Å². The molecule has 6 heteroatoms. The molecule has 0 aliphatic carbocycles. The van der Waals surface area contributed by atoms with Crippen molar-refractivity contribution in [2.24, 2.45) is 0 Å². The Hall–Kier alpha value is -0.970. The van der Waals surface area contributed by atoms with Crippen molar-refractivity contribution in [1.29, 1.82) is 0 Å². The highest BCUT2D eigenvalue weighted by Gasteiger charge is 2.25. The minimum absolute atomic E-state index is 0. The molecule has 1 aromatic rings. The van der Waals surface area contributed by atoms with Gasteiger partial charge in [-0.25, -0.2) is 0 Å². The Morgan fingerprint density at radius 1 is 1.30 bits per heavy atom. The molecule has 1 fully saturated rings. The summed E-state index contributed by atoms with van der Waals surface area (Å²) in [6.45, 7) is 2.93. The zero-order valence-corrected chi connectivity index (χ0v) is 15.7. The highest BCUT2D eigenvalue weighted by atomic mass is 35.5. The summed E-state index contributed by atoms with van der Waals surface area (Å²) in [5.74, 6) is 0.269. The molecular formula is C17H29Cl2N3O. The molecule has 1 heterocycles. The molecule has 0 saturated carbocycles. The van der Waals surface area contributed by atoms with Gasteiger partial charge in [-0.15, -0.1) is 24.8 Å². The normalized spacial score (nSPS) is 17.0. The number of halogens is 2. The number of piperidine rings is 1. The largest absolute Gasteiger partial charge is 0.369 e. The topological polar surface area (TPSA) is 35.6 Å². The summed E-state index contributed by atoms with van der Waals surface area (Å²) in [7, 11) is 3.88. The summed E-state index contributed by atoms with van der Waals surface area (Å²) < 4.78 is 0. The van der Waals surface area contributed by atoms with Gasteiger partial charge in [0.05, 0.1) is 0 Å². The van der Waals surface area contributed by atoms with Gasteiger partial charge < -0.3 is 15.1 Å². The second kappa shape index (κ2) is 11.5. The third kappa shape index (κ3) is 6.58. The number of nitrogens with one attached hydrogen (secondary N) is 1. The third-order valence-electron chi connectivity index (χ3n) is 4.28. The number of hydrogen-bond donors (Lipinski definition) is 1. The van der Waals surface area contributed by atoms with Crippen molar-refractivity contribution in [3.05, 3.63) is 30.3 Å². The van der Waals surface area contributed by atoms with Gasteiger partial charge in [-0.05, 0) is 45.0 Å². The fraction of sp³-hybridized carbons (Fsp3) is 0.588. The fourth-order valence-corrected chi connectivity index (χ4v) is 2.94. The molecule has 1 atom stereocenters. The lowest BCUT2D eigenvalue weighted by atomic mass is 10.0. The van der Waals surface area contributed by atoms with Gasteiger partial charge >= 0.3 is 0 Å². The number of carbonyl (C=O) groups is 1. The lowest BCUT2D eigenvalue weighted by Crippen LogP contribution is -2.48. The number of anilines is 1. The van der Waals surface area contributed by atoms with Crippen LogP contribution in [0.15, 0.2) is 30.3 Å². The minimum Gasteiger partial charge on any atom is -0.369 e. The average molecular weight is 362 g/mol. The number of carbonyl (C=O) groups excluding carboxylic acids is 1. The molecule has 23 heavy (non-hydrogen) atoms. The van der Waals surface area contributed by atoms with E-state index >= 15 is 0 Å². The molecule has 0 spiro atoms. The summed E-state index contributed by atoms with van der Waals surface area (Å²) in [6.07, 6.45) is 3.80. The molecule has 1 amide bonds. The number of rotatable bonds is 6.